The van der Waals surface area contributed by atoms with E-state index >= 15 is 0 Å². The Morgan fingerprint density at radius 3 is 2.52 bits per heavy atom. The van der Waals surface area contributed by atoms with Crippen LogP contribution in [0.15, 0.2) is 35.2 Å². The van der Waals surface area contributed by atoms with Crippen molar-refractivity contribution in [2.24, 2.45) is 0 Å². The highest BCUT2D eigenvalue weighted by molar-refractivity contribution is 7.99. The van der Waals surface area contributed by atoms with Crippen molar-refractivity contribution in [1.29, 1.82) is 0 Å². The van der Waals surface area contributed by atoms with Crippen LogP contribution in [0.5, 0.6) is 0 Å². The van der Waals surface area contributed by atoms with Gasteiger partial charge < -0.3 is 10.1 Å². The number of halogens is 4. The maximum absolute atomic E-state index is 13.3. The average Bonchev–Trinajstić information content (AvgIpc) is 2.64. The number of anilines is 1. The van der Waals surface area contributed by atoms with Crippen molar-refractivity contribution < 1.29 is 22.7 Å². The molecule has 0 spiro atoms. The lowest BCUT2D eigenvalue weighted by molar-refractivity contribution is 0.102. The van der Waals surface area contributed by atoms with Gasteiger partial charge in [-0.05, 0) is 43.7 Å². The second kappa shape index (κ2) is 10.0. The number of thioether (sulfide) groups is 1. The average molecular weight is 418 g/mol. The summed E-state index contributed by atoms with van der Waals surface area (Å²) in [5, 5.41) is 2.86. The molecule has 0 aliphatic rings. The van der Waals surface area contributed by atoms with Gasteiger partial charge in [0.25, 0.3) is 5.91 Å². The summed E-state index contributed by atoms with van der Waals surface area (Å²) in [6, 6.07) is 6.14. The maximum atomic E-state index is 13.3. The Kier molecular flexibility index (Phi) is 8.01. The third-order valence-electron chi connectivity index (χ3n) is 3.85. The number of carbonyl (C=O) groups is 1. The van der Waals surface area contributed by atoms with Crippen LogP contribution in [0.25, 0.3) is 0 Å². The number of amides is 1. The Labute approximate surface area is 165 Å². The normalized spacial score (nSPS) is 12.1. The van der Waals surface area contributed by atoms with E-state index in [0.717, 1.165) is 35.6 Å². The van der Waals surface area contributed by atoms with E-state index in [0.29, 0.717) is 5.02 Å². The number of hydrogen-bond acceptors (Lipinski definition) is 3. The van der Waals surface area contributed by atoms with Gasteiger partial charge in [-0.1, -0.05) is 11.6 Å². The smallest absolute Gasteiger partial charge is 0.255 e. The molecule has 0 saturated carbocycles. The van der Waals surface area contributed by atoms with Crippen molar-refractivity contribution >= 4 is 35.0 Å². The van der Waals surface area contributed by atoms with E-state index in [1.54, 1.807) is 19.2 Å². The van der Waals surface area contributed by atoms with Crippen LogP contribution in [0.2, 0.25) is 5.02 Å². The van der Waals surface area contributed by atoms with Gasteiger partial charge in [-0.2, -0.15) is 0 Å². The van der Waals surface area contributed by atoms with Gasteiger partial charge in [-0.3, -0.25) is 4.79 Å². The number of carbonyl (C=O) groups excluding carboxylic acids is 1. The molecule has 0 heterocycles. The zero-order chi connectivity index (χ0) is 20.0. The molecule has 2 rings (SSSR count). The molecule has 2 aromatic carbocycles. The highest BCUT2D eigenvalue weighted by atomic mass is 35.5. The number of ether oxygens (including phenoxy) is 1. The van der Waals surface area contributed by atoms with Gasteiger partial charge in [-0.25, -0.2) is 13.2 Å². The number of rotatable bonds is 8. The monoisotopic (exact) mass is 417 g/mol. The molecule has 146 valence electrons. The van der Waals surface area contributed by atoms with Crippen LogP contribution in [0.1, 0.15) is 30.1 Å². The Morgan fingerprint density at radius 1 is 1.22 bits per heavy atom. The number of methoxy groups -OCH3 is 1. The van der Waals surface area contributed by atoms with Crippen molar-refractivity contribution in [2.45, 2.75) is 30.8 Å². The molecule has 0 aliphatic heterocycles. The molecule has 0 radical (unpaired) electrons. The molecule has 27 heavy (non-hydrogen) atoms. The first-order valence-corrected chi connectivity index (χ1v) is 9.59. The number of nitrogens with one attached hydrogen (secondary N) is 1. The Bertz CT molecular complexity index is 797. The second-order valence-corrected chi connectivity index (χ2v) is 7.43. The first-order chi connectivity index (χ1) is 12.8. The molecule has 8 heteroatoms. The summed E-state index contributed by atoms with van der Waals surface area (Å²) in [7, 11) is 1.66. The maximum Gasteiger partial charge on any atom is 0.255 e. The van der Waals surface area contributed by atoms with Gasteiger partial charge in [0.1, 0.15) is 0 Å². The first kappa shape index (κ1) is 21.6. The predicted molar refractivity (Wildman–Crippen MR) is 102 cm³/mol. The molecular weight excluding hydrogens is 399 g/mol. The zero-order valence-corrected chi connectivity index (χ0v) is 16.4. The summed E-state index contributed by atoms with van der Waals surface area (Å²) in [5.41, 5.74) is 0.103. The van der Waals surface area contributed by atoms with Crippen molar-refractivity contribution in [2.75, 3.05) is 18.2 Å². The van der Waals surface area contributed by atoms with Crippen LogP contribution in [-0.4, -0.2) is 24.9 Å². The lowest BCUT2D eigenvalue weighted by Crippen LogP contribution is -2.12. The van der Waals surface area contributed by atoms with E-state index in [2.05, 4.69) is 5.32 Å². The van der Waals surface area contributed by atoms with Crippen LogP contribution in [0.4, 0.5) is 18.9 Å². The van der Waals surface area contributed by atoms with Crippen LogP contribution in [0.3, 0.4) is 0 Å². The quantitative estimate of drug-likeness (QED) is 0.329. The summed E-state index contributed by atoms with van der Waals surface area (Å²) in [4.78, 5) is 13.1. The molecule has 0 bridgehead atoms. The fraction of sp³-hybridized carbons (Fsp3) is 0.316. The molecule has 1 atom stereocenters. The Hall–Kier alpha value is -1.70. The minimum Gasteiger partial charge on any atom is -0.382 e. The van der Waals surface area contributed by atoms with E-state index in [1.165, 1.54) is 17.8 Å². The van der Waals surface area contributed by atoms with Crippen molar-refractivity contribution in [3.63, 3.8) is 0 Å². The largest absolute Gasteiger partial charge is 0.382 e. The van der Waals surface area contributed by atoms with Crippen molar-refractivity contribution in [3.8, 4) is 0 Å². The fourth-order valence-electron chi connectivity index (χ4n) is 2.26. The van der Waals surface area contributed by atoms with E-state index in [4.69, 9.17) is 16.3 Å². The standard InChI is InChI=1S/C19H19ClF3NO2S/c1-11(26-2)4-3-7-27-17-8-12(5-6-14(17)20)19(25)24-13-9-15(21)18(23)16(22)10-13/h5-6,8-11H,3-4,7H2,1-2H3,(H,24,25). The van der Waals surface area contributed by atoms with Gasteiger partial charge in [0.15, 0.2) is 17.5 Å². The number of benzene rings is 2. The minimum atomic E-state index is -1.58. The Morgan fingerprint density at radius 2 is 1.89 bits per heavy atom. The molecule has 1 unspecified atom stereocenters. The zero-order valence-electron chi connectivity index (χ0n) is 14.8. The summed E-state index contributed by atoms with van der Waals surface area (Å²) in [6.45, 7) is 1.99. The van der Waals surface area contributed by atoms with E-state index in [1.807, 2.05) is 6.92 Å². The highest BCUT2D eigenvalue weighted by Gasteiger charge is 2.14. The SMILES string of the molecule is COC(C)CCCSc1cc(C(=O)Nc2cc(F)c(F)c(F)c2)ccc1Cl. The van der Waals surface area contributed by atoms with Gasteiger partial charge in [0, 0.05) is 35.4 Å². The lowest BCUT2D eigenvalue weighted by atomic mass is 10.2. The predicted octanol–water partition coefficient (Wildman–Crippen LogP) is 5.92. The van der Waals surface area contributed by atoms with E-state index < -0.39 is 23.4 Å². The molecule has 3 nitrogen and oxygen atoms in total. The Balaban J connectivity index is 2.04. The molecule has 0 aliphatic carbocycles. The van der Waals surface area contributed by atoms with Crippen LogP contribution in [-0.2, 0) is 4.74 Å². The summed E-state index contributed by atoms with van der Waals surface area (Å²) >= 11 is 7.68. The second-order valence-electron chi connectivity index (χ2n) is 5.89. The molecule has 1 N–H and O–H groups in total. The van der Waals surface area contributed by atoms with Gasteiger partial charge >= 0.3 is 0 Å². The van der Waals surface area contributed by atoms with E-state index in [9.17, 15) is 18.0 Å². The van der Waals surface area contributed by atoms with Crippen molar-refractivity contribution in [1.82, 2.24) is 0 Å². The summed E-state index contributed by atoms with van der Waals surface area (Å²) in [6.07, 6.45) is 2.00. The van der Waals surface area contributed by atoms with Gasteiger partial charge in [-0.15, -0.1) is 11.8 Å². The van der Waals surface area contributed by atoms with Crippen LogP contribution >= 0.6 is 23.4 Å². The molecule has 2 aromatic rings. The minimum absolute atomic E-state index is 0.172. The summed E-state index contributed by atoms with van der Waals surface area (Å²) < 4.78 is 44.7. The topological polar surface area (TPSA) is 38.3 Å². The first-order valence-electron chi connectivity index (χ1n) is 8.23. The van der Waals surface area contributed by atoms with Crippen LogP contribution < -0.4 is 5.32 Å². The lowest BCUT2D eigenvalue weighted by Gasteiger charge is -2.10. The molecular formula is C19H19ClF3NO2S. The van der Waals surface area contributed by atoms with Crippen LogP contribution in [0, 0.1) is 17.5 Å². The molecule has 0 aromatic heterocycles. The highest BCUT2D eigenvalue weighted by Crippen LogP contribution is 2.29. The molecule has 1 amide bonds. The van der Waals surface area contributed by atoms with Gasteiger partial charge in [0.2, 0.25) is 0 Å². The van der Waals surface area contributed by atoms with E-state index in [-0.39, 0.29) is 17.4 Å². The molecule has 0 saturated heterocycles. The van der Waals surface area contributed by atoms with Crippen molar-refractivity contribution in [3.05, 3.63) is 58.4 Å². The summed E-state index contributed by atoms with van der Waals surface area (Å²) in [5.74, 6) is -4.11. The third-order valence-corrected chi connectivity index (χ3v) is 5.43. The van der Waals surface area contributed by atoms with Gasteiger partial charge in [0.05, 0.1) is 11.1 Å². The fourth-order valence-corrected chi connectivity index (χ4v) is 3.49. The number of hydrogen-bond donors (Lipinski definition) is 1. The third kappa shape index (κ3) is 6.16. The molecule has 0 fully saturated rings.